The summed E-state index contributed by atoms with van der Waals surface area (Å²) in [6.07, 6.45) is 5.83. The van der Waals surface area contributed by atoms with Gasteiger partial charge in [-0.05, 0) is 43.4 Å². The van der Waals surface area contributed by atoms with Crippen molar-refractivity contribution in [3.8, 4) is 5.75 Å². The highest BCUT2D eigenvalue weighted by molar-refractivity contribution is 5.99. The molecule has 2 N–H and O–H groups in total. The molecule has 1 aromatic heterocycles. The number of allylic oxidation sites excluding steroid dienone is 1. The predicted molar refractivity (Wildman–Crippen MR) is 123 cm³/mol. The second-order valence-corrected chi connectivity index (χ2v) is 8.18. The summed E-state index contributed by atoms with van der Waals surface area (Å²) in [5.41, 5.74) is 4.36. The number of rotatable bonds is 7. The number of ether oxygens (including phenoxy) is 1. The van der Waals surface area contributed by atoms with Crippen molar-refractivity contribution in [3.63, 3.8) is 0 Å². The van der Waals surface area contributed by atoms with Crippen LogP contribution in [0.1, 0.15) is 42.2 Å². The van der Waals surface area contributed by atoms with Gasteiger partial charge < -0.3 is 19.6 Å². The molecule has 1 heterocycles. The van der Waals surface area contributed by atoms with Gasteiger partial charge in [-0.15, -0.1) is 0 Å². The molecule has 1 atom stereocenters. The number of benzene rings is 2. The molecule has 1 aliphatic rings. The highest BCUT2D eigenvalue weighted by Gasteiger charge is 2.22. The highest BCUT2D eigenvalue weighted by atomic mass is 16.5. The number of fused-ring (bicyclic) bond motifs is 3. The lowest BCUT2D eigenvalue weighted by atomic mass is 9.94. The Kier molecular flexibility index (Phi) is 6.30. The van der Waals surface area contributed by atoms with E-state index in [1.807, 2.05) is 49.4 Å². The molecular weight excluding hydrogens is 406 g/mol. The molecule has 0 saturated heterocycles. The standard InChI is InChI=1S/C26H27NO5/c1-16(12-25(28)27-21(26(29)30)13-17-8-4-3-5-9-17)19-14-20-18-10-6-7-11-22(18)32-24(20)15-23(19)31-2/h3-5,8-9,12,14-15,21H,6-7,10-11,13H2,1-2H3,(H,27,28)(H,29,30)/b16-12+. The largest absolute Gasteiger partial charge is 0.496 e. The summed E-state index contributed by atoms with van der Waals surface area (Å²) in [7, 11) is 1.58. The van der Waals surface area contributed by atoms with Gasteiger partial charge in [0.25, 0.3) is 0 Å². The molecule has 6 heteroatoms. The Morgan fingerprint density at radius 1 is 1.19 bits per heavy atom. The predicted octanol–water partition coefficient (Wildman–Crippen LogP) is 4.54. The van der Waals surface area contributed by atoms with Crippen LogP contribution in [0.5, 0.6) is 5.75 Å². The highest BCUT2D eigenvalue weighted by Crippen LogP contribution is 2.37. The maximum atomic E-state index is 12.7. The monoisotopic (exact) mass is 433 g/mol. The second kappa shape index (κ2) is 9.30. The summed E-state index contributed by atoms with van der Waals surface area (Å²) in [6, 6.07) is 12.1. The SMILES string of the molecule is COc1cc2oc3c(c2cc1/C(C)=C/C(=O)NC(Cc1ccccc1)C(=O)O)CCCC3. The molecular formula is C26H27NO5. The van der Waals surface area contributed by atoms with Gasteiger partial charge in [-0.25, -0.2) is 4.79 Å². The van der Waals surface area contributed by atoms with E-state index in [-0.39, 0.29) is 6.42 Å². The lowest BCUT2D eigenvalue weighted by Crippen LogP contribution is -2.41. The molecule has 0 spiro atoms. The Labute approximate surface area is 186 Å². The zero-order valence-corrected chi connectivity index (χ0v) is 18.3. The number of carbonyl (C=O) groups excluding carboxylic acids is 1. The van der Waals surface area contributed by atoms with Crippen LogP contribution in [-0.2, 0) is 28.9 Å². The fraction of sp³-hybridized carbons (Fsp3) is 0.308. The summed E-state index contributed by atoms with van der Waals surface area (Å²) in [4.78, 5) is 24.4. The van der Waals surface area contributed by atoms with Crippen molar-refractivity contribution in [1.29, 1.82) is 0 Å². The van der Waals surface area contributed by atoms with Crippen LogP contribution in [0.25, 0.3) is 16.5 Å². The van der Waals surface area contributed by atoms with Crippen LogP contribution in [0.4, 0.5) is 0 Å². The van der Waals surface area contributed by atoms with Gasteiger partial charge >= 0.3 is 5.97 Å². The van der Waals surface area contributed by atoms with Crippen molar-refractivity contribution in [2.75, 3.05) is 7.11 Å². The van der Waals surface area contributed by atoms with Gasteiger partial charge in [0.05, 0.1) is 7.11 Å². The van der Waals surface area contributed by atoms with Gasteiger partial charge in [-0.2, -0.15) is 0 Å². The molecule has 0 fully saturated rings. The maximum absolute atomic E-state index is 12.7. The first kappa shape index (κ1) is 21.7. The van der Waals surface area contributed by atoms with E-state index in [0.717, 1.165) is 53.5 Å². The number of amides is 1. The quantitative estimate of drug-likeness (QED) is 0.534. The average molecular weight is 434 g/mol. The number of carboxylic acid groups (broad SMARTS) is 1. The zero-order chi connectivity index (χ0) is 22.7. The van der Waals surface area contributed by atoms with Gasteiger partial charge in [0, 0.05) is 41.5 Å². The zero-order valence-electron chi connectivity index (χ0n) is 18.3. The summed E-state index contributed by atoms with van der Waals surface area (Å²) < 4.78 is 11.6. The van der Waals surface area contributed by atoms with Crippen LogP contribution in [0.3, 0.4) is 0 Å². The third kappa shape index (κ3) is 4.54. The van der Waals surface area contributed by atoms with E-state index < -0.39 is 17.9 Å². The first-order valence-corrected chi connectivity index (χ1v) is 10.8. The first-order valence-electron chi connectivity index (χ1n) is 10.8. The molecule has 4 rings (SSSR count). The second-order valence-electron chi connectivity index (χ2n) is 8.18. The van der Waals surface area contributed by atoms with E-state index in [4.69, 9.17) is 9.15 Å². The Balaban J connectivity index is 1.59. The summed E-state index contributed by atoms with van der Waals surface area (Å²) in [6.45, 7) is 1.82. The molecule has 32 heavy (non-hydrogen) atoms. The van der Waals surface area contributed by atoms with Crippen molar-refractivity contribution >= 4 is 28.4 Å². The fourth-order valence-electron chi connectivity index (χ4n) is 4.30. The van der Waals surface area contributed by atoms with Crippen molar-refractivity contribution < 1.29 is 23.8 Å². The Morgan fingerprint density at radius 2 is 1.94 bits per heavy atom. The van der Waals surface area contributed by atoms with Gasteiger partial charge in [0.1, 0.15) is 23.1 Å². The molecule has 1 amide bonds. The summed E-state index contributed by atoms with van der Waals surface area (Å²) in [5, 5.41) is 13.2. The van der Waals surface area contributed by atoms with Crippen LogP contribution < -0.4 is 10.1 Å². The van der Waals surface area contributed by atoms with Crippen molar-refractivity contribution in [1.82, 2.24) is 5.32 Å². The molecule has 0 radical (unpaired) electrons. The minimum Gasteiger partial charge on any atom is -0.496 e. The third-order valence-corrected chi connectivity index (χ3v) is 5.95. The van der Waals surface area contributed by atoms with Crippen molar-refractivity contribution in [2.24, 2.45) is 0 Å². The van der Waals surface area contributed by atoms with Gasteiger partial charge in [-0.1, -0.05) is 30.3 Å². The summed E-state index contributed by atoms with van der Waals surface area (Å²) in [5.74, 6) is 0.124. The third-order valence-electron chi connectivity index (χ3n) is 5.95. The molecule has 0 aliphatic heterocycles. The number of methoxy groups -OCH3 is 1. The van der Waals surface area contributed by atoms with E-state index in [2.05, 4.69) is 5.32 Å². The minimum atomic E-state index is -1.07. The molecule has 3 aromatic rings. The van der Waals surface area contributed by atoms with Crippen LogP contribution in [-0.4, -0.2) is 30.1 Å². The Bertz CT molecular complexity index is 1180. The number of furan rings is 1. The molecule has 2 aromatic carbocycles. The van der Waals surface area contributed by atoms with Crippen LogP contribution in [0.15, 0.2) is 53.0 Å². The number of aryl methyl sites for hydroxylation is 2. The molecule has 0 saturated carbocycles. The average Bonchev–Trinajstić information content (AvgIpc) is 3.15. The van der Waals surface area contributed by atoms with Gasteiger partial charge in [0.15, 0.2) is 0 Å². The van der Waals surface area contributed by atoms with E-state index >= 15 is 0 Å². The van der Waals surface area contributed by atoms with E-state index in [1.165, 1.54) is 11.6 Å². The molecule has 1 unspecified atom stereocenters. The Hall–Kier alpha value is -3.54. The fourth-order valence-corrected chi connectivity index (χ4v) is 4.30. The van der Waals surface area contributed by atoms with Crippen LogP contribution in [0, 0.1) is 0 Å². The van der Waals surface area contributed by atoms with Gasteiger partial charge in [-0.3, -0.25) is 4.79 Å². The normalized spacial score (nSPS) is 14.6. The van der Waals surface area contributed by atoms with Crippen LogP contribution in [0.2, 0.25) is 0 Å². The minimum absolute atomic E-state index is 0.214. The lowest BCUT2D eigenvalue weighted by molar-refractivity contribution is -0.141. The van der Waals surface area contributed by atoms with Crippen molar-refractivity contribution in [2.45, 2.75) is 45.1 Å². The molecule has 1 aliphatic carbocycles. The molecule has 166 valence electrons. The maximum Gasteiger partial charge on any atom is 0.326 e. The lowest BCUT2D eigenvalue weighted by Gasteiger charge is -2.14. The molecule has 0 bridgehead atoms. The smallest absolute Gasteiger partial charge is 0.326 e. The molecule has 6 nitrogen and oxygen atoms in total. The van der Waals surface area contributed by atoms with E-state index in [0.29, 0.717) is 11.3 Å². The number of nitrogens with one attached hydrogen (secondary N) is 1. The number of hydrogen-bond donors (Lipinski definition) is 2. The van der Waals surface area contributed by atoms with Gasteiger partial charge in [0.2, 0.25) is 5.91 Å². The topological polar surface area (TPSA) is 88.8 Å². The number of aliphatic carboxylic acids is 1. The van der Waals surface area contributed by atoms with E-state index in [9.17, 15) is 14.7 Å². The number of carbonyl (C=O) groups is 2. The number of hydrogen-bond acceptors (Lipinski definition) is 4. The van der Waals surface area contributed by atoms with E-state index in [1.54, 1.807) is 7.11 Å². The number of carboxylic acids is 1. The van der Waals surface area contributed by atoms with Crippen LogP contribution >= 0.6 is 0 Å². The first-order chi connectivity index (χ1) is 15.5. The Morgan fingerprint density at radius 3 is 2.66 bits per heavy atom. The van der Waals surface area contributed by atoms with Crippen molar-refractivity contribution in [3.05, 3.63) is 71.0 Å². The summed E-state index contributed by atoms with van der Waals surface area (Å²) >= 11 is 0.